The Morgan fingerprint density at radius 2 is 1.95 bits per heavy atom. The molecule has 9 heteroatoms. The first-order valence-corrected chi connectivity index (χ1v) is 8.40. The monoisotopic (exact) mass is 324 g/mol. The molecular formula is C12H24N2O6S. The molecule has 0 aliphatic carbocycles. The van der Waals surface area contributed by atoms with Crippen LogP contribution in [-0.2, 0) is 24.3 Å². The number of rotatable bonds is 11. The van der Waals surface area contributed by atoms with E-state index in [0.717, 1.165) is 0 Å². The fourth-order valence-corrected chi connectivity index (χ4v) is 2.94. The van der Waals surface area contributed by atoms with Crippen LogP contribution in [0.4, 0.5) is 0 Å². The van der Waals surface area contributed by atoms with Crippen molar-refractivity contribution in [2.75, 3.05) is 19.5 Å². The van der Waals surface area contributed by atoms with Gasteiger partial charge in [-0.3, -0.25) is 4.79 Å². The van der Waals surface area contributed by atoms with Crippen LogP contribution in [-0.4, -0.2) is 57.0 Å². The van der Waals surface area contributed by atoms with Gasteiger partial charge in [0.2, 0.25) is 15.9 Å². The summed E-state index contributed by atoms with van der Waals surface area (Å²) >= 11 is 0. The minimum atomic E-state index is -3.53. The van der Waals surface area contributed by atoms with E-state index in [-0.39, 0.29) is 12.2 Å². The molecule has 0 heterocycles. The summed E-state index contributed by atoms with van der Waals surface area (Å²) in [6.45, 7) is 3.47. The van der Waals surface area contributed by atoms with Gasteiger partial charge in [-0.05, 0) is 26.2 Å². The van der Waals surface area contributed by atoms with Crippen molar-refractivity contribution in [3.8, 4) is 0 Å². The Kier molecular flexibility index (Phi) is 9.14. The minimum absolute atomic E-state index is 0.0825. The smallest absolute Gasteiger partial charge is 0.326 e. The zero-order chi connectivity index (χ0) is 16.5. The van der Waals surface area contributed by atoms with E-state index < -0.39 is 34.0 Å². The fourth-order valence-electron chi connectivity index (χ4n) is 1.64. The van der Waals surface area contributed by atoms with E-state index in [1.54, 1.807) is 6.92 Å². The van der Waals surface area contributed by atoms with Crippen LogP contribution < -0.4 is 10.0 Å². The van der Waals surface area contributed by atoms with Gasteiger partial charge in [-0.1, -0.05) is 6.92 Å². The van der Waals surface area contributed by atoms with E-state index in [1.807, 2.05) is 0 Å². The lowest BCUT2D eigenvalue weighted by molar-refractivity contribution is -0.142. The van der Waals surface area contributed by atoms with Crippen LogP contribution >= 0.6 is 0 Å². The van der Waals surface area contributed by atoms with Crippen LogP contribution in [0.15, 0.2) is 0 Å². The van der Waals surface area contributed by atoms with Crippen molar-refractivity contribution in [1.82, 2.24) is 10.0 Å². The third kappa shape index (κ3) is 8.64. The molecule has 8 nitrogen and oxygen atoms in total. The molecule has 21 heavy (non-hydrogen) atoms. The number of sulfonamides is 1. The van der Waals surface area contributed by atoms with Gasteiger partial charge in [0.25, 0.3) is 0 Å². The molecule has 0 aliphatic rings. The highest BCUT2D eigenvalue weighted by Crippen LogP contribution is 2.00. The Labute approximate surface area is 125 Å². The number of hydrogen-bond donors (Lipinski definition) is 3. The molecule has 0 fully saturated rings. The average molecular weight is 324 g/mol. The predicted molar refractivity (Wildman–Crippen MR) is 77.4 cm³/mol. The fraction of sp³-hybridized carbons (Fsp3) is 0.833. The quantitative estimate of drug-likeness (QED) is 0.449. The van der Waals surface area contributed by atoms with Crippen molar-refractivity contribution in [1.29, 1.82) is 0 Å². The van der Waals surface area contributed by atoms with Crippen LogP contribution in [0.1, 0.15) is 33.1 Å². The van der Waals surface area contributed by atoms with Gasteiger partial charge in [0.05, 0.1) is 11.8 Å². The van der Waals surface area contributed by atoms with E-state index in [0.29, 0.717) is 19.4 Å². The molecule has 0 aromatic heterocycles. The number of nitrogens with one attached hydrogen (secondary N) is 2. The number of carboxylic acid groups (broad SMARTS) is 1. The first-order valence-electron chi connectivity index (χ1n) is 6.75. The second kappa shape index (κ2) is 9.69. The third-order valence-electron chi connectivity index (χ3n) is 2.68. The summed E-state index contributed by atoms with van der Waals surface area (Å²) in [6, 6.07) is -2.09. The van der Waals surface area contributed by atoms with Crippen molar-refractivity contribution < 1.29 is 27.9 Å². The van der Waals surface area contributed by atoms with Gasteiger partial charge in [-0.25, -0.2) is 17.9 Å². The highest BCUT2D eigenvalue weighted by atomic mass is 32.2. The standard InChI is InChI=1S/C12H24N2O6S/c1-4-8-21(18,19)14-9(2)11(15)13-10(12(16)17)6-5-7-20-3/h9-10,14H,4-8H2,1-3H3,(H,13,15)(H,16,17). The van der Waals surface area contributed by atoms with E-state index in [1.165, 1.54) is 14.0 Å². The average Bonchev–Trinajstić information content (AvgIpc) is 2.36. The normalized spacial score (nSPS) is 14.4. The number of aliphatic carboxylic acids is 1. The lowest BCUT2D eigenvalue weighted by Crippen LogP contribution is -2.50. The van der Waals surface area contributed by atoms with E-state index in [4.69, 9.17) is 9.84 Å². The molecule has 0 saturated heterocycles. The van der Waals surface area contributed by atoms with Crippen LogP contribution in [0, 0.1) is 0 Å². The highest BCUT2D eigenvalue weighted by Gasteiger charge is 2.25. The van der Waals surface area contributed by atoms with E-state index in [2.05, 4.69) is 10.0 Å². The molecule has 2 atom stereocenters. The molecule has 0 radical (unpaired) electrons. The van der Waals surface area contributed by atoms with Crippen molar-refractivity contribution in [3.05, 3.63) is 0 Å². The topological polar surface area (TPSA) is 122 Å². The number of carbonyl (C=O) groups is 2. The van der Waals surface area contributed by atoms with Gasteiger partial charge in [-0.2, -0.15) is 0 Å². The van der Waals surface area contributed by atoms with Crippen molar-refractivity contribution in [3.63, 3.8) is 0 Å². The summed E-state index contributed by atoms with van der Waals surface area (Å²) in [5.74, 6) is -1.91. The summed E-state index contributed by atoms with van der Waals surface area (Å²) < 4.78 is 30.1. The van der Waals surface area contributed by atoms with Gasteiger partial charge < -0.3 is 15.2 Å². The van der Waals surface area contributed by atoms with Gasteiger partial charge in [0.15, 0.2) is 0 Å². The molecule has 124 valence electrons. The molecule has 0 spiro atoms. The van der Waals surface area contributed by atoms with Crippen molar-refractivity contribution >= 4 is 21.9 Å². The van der Waals surface area contributed by atoms with Crippen LogP contribution in [0.2, 0.25) is 0 Å². The lowest BCUT2D eigenvalue weighted by Gasteiger charge is -2.18. The predicted octanol–water partition coefficient (Wildman–Crippen LogP) is -0.300. The molecule has 2 unspecified atom stereocenters. The zero-order valence-corrected chi connectivity index (χ0v) is 13.4. The molecule has 3 N–H and O–H groups in total. The number of ether oxygens (including phenoxy) is 1. The summed E-state index contributed by atoms with van der Waals surface area (Å²) in [6.07, 6.45) is 1.12. The minimum Gasteiger partial charge on any atom is -0.480 e. The number of carboxylic acids is 1. The second-order valence-corrected chi connectivity index (χ2v) is 6.57. The maximum absolute atomic E-state index is 11.8. The molecule has 0 bridgehead atoms. The van der Waals surface area contributed by atoms with Gasteiger partial charge >= 0.3 is 5.97 Å². The van der Waals surface area contributed by atoms with E-state index >= 15 is 0 Å². The molecule has 1 amide bonds. The van der Waals surface area contributed by atoms with Crippen LogP contribution in [0.25, 0.3) is 0 Å². The van der Waals surface area contributed by atoms with Crippen LogP contribution in [0.3, 0.4) is 0 Å². The molecule has 0 aromatic rings. The SMILES string of the molecule is CCCS(=O)(=O)NC(C)C(=O)NC(CCCOC)C(=O)O. The first-order chi connectivity index (χ1) is 9.73. The van der Waals surface area contributed by atoms with Crippen LogP contribution in [0.5, 0.6) is 0 Å². The molecular weight excluding hydrogens is 300 g/mol. The summed E-state index contributed by atoms with van der Waals surface area (Å²) in [7, 11) is -2.03. The summed E-state index contributed by atoms with van der Waals surface area (Å²) in [5.41, 5.74) is 0. The number of carbonyl (C=O) groups excluding carboxylic acids is 1. The highest BCUT2D eigenvalue weighted by molar-refractivity contribution is 7.89. The number of amides is 1. The molecule has 0 aliphatic heterocycles. The maximum atomic E-state index is 11.8. The Morgan fingerprint density at radius 1 is 1.33 bits per heavy atom. The largest absolute Gasteiger partial charge is 0.480 e. The Bertz CT molecular complexity index is 437. The first kappa shape index (κ1) is 19.8. The number of hydrogen-bond acceptors (Lipinski definition) is 5. The Balaban J connectivity index is 4.50. The summed E-state index contributed by atoms with van der Waals surface area (Å²) in [4.78, 5) is 22.9. The Morgan fingerprint density at radius 3 is 2.43 bits per heavy atom. The zero-order valence-electron chi connectivity index (χ0n) is 12.6. The molecule has 0 saturated carbocycles. The third-order valence-corrected chi connectivity index (χ3v) is 4.34. The maximum Gasteiger partial charge on any atom is 0.326 e. The summed E-state index contributed by atoms with van der Waals surface area (Å²) in [5, 5.41) is 11.3. The molecule has 0 rings (SSSR count). The van der Waals surface area contributed by atoms with Gasteiger partial charge in [-0.15, -0.1) is 0 Å². The lowest BCUT2D eigenvalue weighted by atomic mass is 10.1. The molecule has 0 aromatic carbocycles. The Hall–Kier alpha value is -1.19. The van der Waals surface area contributed by atoms with E-state index in [9.17, 15) is 18.0 Å². The van der Waals surface area contributed by atoms with Crippen molar-refractivity contribution in [2.45, 2.75) is 45.2 Å². The second-order valence-electron chi connectivity index (χ2n) is 4.69. The van der Waals surface area contributed by atoms with Gasteiger partial charge in [0.1, 0.15) is 6.04 Å². The van der Waals surface area contributed by atoms with Crippen molar-refractivity contribution in [2.24, 2.45) is 0 Å². The number of methoxy groups -OCH3 is 1. The van der Waals surface area contributed by atoms with Gasteiger partial charge in [0, 0.05) is 13.7 Å².